The lowest BCUT2D eigenvalue weighted by molar-refractivity contribution is 1.18. The summed E-state index contributed by atoms with van der Waals surface area (Å²) >= 11 is 1.83. The molecule has 312 valence electrons. The molecule has 2 heterocycles. The maximum atomic E-state index is 5.27. The lowest BCUT2D eigenvalue weighted by Crippen LogP contribution is -1.96. The zero-order valence-electron chi connectivity index (χ0n) is 36.4. The first-order valence-electron chi connectivity index (χ1n) is 22.8. The summed E-state index contributed by atoms with van der Waals surface area (Å²) in [4.78, 5) is 11.7. The number of aromatic nitrogens is 2. The van der Waals surface area contributed by atoms with Crippen LogP contribution in [-0.2, 0) is 0 Å². The van der Waals surface area contributed by atoms with Crippen LogP contribution in [0.2, 0.25) is 0 Å². The zero-order valence-corrected chi connectivity index (χ0v) is 37.2. The maximum absolute atomic E-state index is 5.27. The highest BCUT2D eigenvalue weighted by atomic mass is 32.1. The maximum Gasteiger partial charge on any atom is 0.160 e. The Hall–Kier alpha value is -8.50. The molecule has 0 aliphatic rings. The van der Waals surface area contributed by atoms with Crippen LogP contribution in [-0.4, -0.2) is 9.97 Å². The molecule has 0 N–H and O–H groups in total. The summed E-state index contributed by atoms with van der Waals surface area (Å²) in [7, 11) is 0. The monoisotopic (exact) mass is 868 g/mol. The van der Waals surface area contributed by atoms with Crippen molar-refractivity contribution in [3.8, 4) is 77.7 Å². The summed E-state index contributed by atoms with van der Waals surface area (Å²) < 4.78 is 1.30. The molecule has 11 aromatic carbocycles. The largest absolute Gasteiger partial charge is 0.228 e. The van der Waals surface area contributed by atoms with Gasteiger partial charge in [0.2, 0.25) is 0 Å². The number of nitrogens with zero attached hydrogens (tertiary/aromatic N) is 2. The van der Waals surface area contributed by atoms with E-state index >= 15 is 0 Å². The van der Waals surface area contributed by atoms with Gasteiger partial charge in [-0.25, -0.2) is 9.97 Å². The van der Waals surface area contributed by atoms with Crippen molar-refractivity contribution in [1.82, 2.24) is 9.97 Å². The lowest BCUT2D eigenvalue weighted by atomic mass is 9.83. The first kappa shape index (κ1) is 38.9. The van der Waals surface area contributed by atoms with Crippen LogP contribution in [0.4, 0.5) is 0 Å². The Bertz CT molecular complexity index is 3970. The lowest BCUT2D eigenvalue weighted by Gasteiger charge is -2.19. The van der Waals surface area contributed by atoms with Gasteiger partial charge in [0.15, 0.2) is 5.82 Å². The normalized spacial score (nSPS) is 11.6. The van der Waals surface area contributed by atoms with E-state index in [9.17, 15) is 0 Å². The van der Waals surface area contributed by atoms with E-state index in [1.807, 2.05) is 29.5 Å². The Kier molecular flexibility index (Phi) is 9.40. The highest BCUT2D eigenvalue weighted by Gasteiger charge is 2.20. The van der Waals surface area contributed by atoms with E-state index in [1.165, 1.54) is 91.6 Å². The van der Waals surface area contributed by atoms with Gasteiger partial charge in [-0.15, -0.1) is 11.3 Å². The smallest absolute Gasteiger partial charge is 0.160 e. The second-order valence-electron chi connectivity index (χ2n) is 17.2. The van der Waals surface area contributed by atoms with Gasteiger partial charge < -0.3 is 0 Å². The quantitative estimate of drug-likeness (QED) is 0.118. The van der Waals surface area contributed by atoms with Crippen molar-refractivity contribution in [2.24, 2.45) is 0 Å². The van der Waals surface area contributed by atoms with E-state index < -0.39 is 0 Å². The van der Waals surface area contributed by atoms with Crippen molar-refractivity contribution in [3.05, 3.63) is 243 Å². The summed E-state index contributed by atoms with van der Waals surface area (Å²) in [6.45, 7) is 0. The molecule has 2 aromatic heterocycles. The topological polar surface area (TPSA) is 25.8 Å². The predicted octanol–water partition coefficient (Wildman–Crippen LogP) is 18.0. The Morgan fingerprint density at radius 3 is 1.54 bits per heavy atom. The van der Waals surface area contributed by atoms with Crippen LogP contribution in [0.25, 0.3) is 131 Å². The van der Waals surface area contributed by atoms with Crippen molar-refractivity contribution in [3.63, 3.8) is 0 Å². The number of hydrogen-bond donors (Lipinski definition) is 0. The summed E-state index contributed by atoms with van der Waals surface area (Å²) in [5, 5.41) is 11.2. The Balaban J connectivity index is 0.921. The molecule has 0 saturated heterocycles. The average molecular weight is 869 g/mol. The number of rotatable bonds is 7. The van der Waals surface area contributed by atoms with Gasteiger partial charge in [0.05, 0.1) is 11.4 Å². The number of fused-ring (bicyclic) bond motifs is 6. The summed E-state index contributed by atoms with van der Waals surface area (Å²) in [6, 6.07) is 87.8. The second kappa shape index (κ2) is 16.2. The van der Waals surface area contributed by atoms with E-state index in [-0.39, 0.29) is 0 Å². The summed E-state index contributed by atoms with van der Waals surface area (Å²) in [6.07, 6.45) is 0. The van der Waals surface area contributed by atoms with E-state index in [0.29, 0.717) is 5.82 Å². The minimum atomic E-state index is 0.704. The highest BCUT2D eigenvalue weighted by Crippen LogP contribution is 2.47. The molecule has 0 unspecified atom stereocenters. The molecule has 0 bridgehead atoms. The molecule has 0 saturated carbocycles. The van der Waals surface area contributed by atoms with Crippen molar-refractivity contribution < 1.29 is 0 Å². The fraction of sp³-hybridized carbons (Fsp3) is 0. The molecule has 2 nitrogen and oxygen atoms in total. The van der Waals surface area contributed by atoms with Gasteiger partial charge in [-0.2, -0.15) is 0 Å². The minimum absolute atomic E-state index is 0.704. The summed E-state index contributed by atoms with van der Waals surface area (Å²) in [5.41, 5.74) is 13.4. The molecule has 0 spiro atoms. The van der Waals surface area contributed by atoms with E-state index in [1.54, 1.807) is 0 Å². The molecular formula is C64H40N2S. The SMILES string of the molecule is c1ccc(-c2nc(-c3ccc(-c4cc5ccccc5s4)cc3)cc(-c3ccc(-c4ccc(-c5c6ccccc6c(-c6ccccc6)c6c5ccc5ccccc56)cc4)c4ccccc34)n2)cc1. The van der Waals surface area contributed by atoms with Crippen LogP contribution in [0, 0.1) is 0 Å². The third kappa shape index (κ3) is 6.79. The fourth-order valence-electron chi connectivity index (χ4n) is 10.1. The van der Waals surface area contributed by atoms with Crippen LogP contribution >= 0.6 is 11.3 Å². The number of thiophene rings is 1. The third-order valence-corrected chi connectivity index (χ3v) is 14.5. The molecule has 0 fully saturated rings. The third-order valence-electron chi connectivity index (χ3n) is 13.3. The molecular weight excluding hydrogens is 829 g/mol. The first-order valence-corrected chi connectivity index (χ1v) is 23.6. The van der Waals surface area contributed by atoms with Gasteiger partial charge >= 0.3 is 0 Å². The van der Waals surface area contributed by atoms with Crippen LogP contribution in [0.1, 0.15) is 0 Å². The van der Waals surface area contributed by atoms with Crippen molar-refractivity contribution in [2.45, 2.75) is 0 Å². The number of hydrogen-bond acceptors (Lipinski definition) is 3. The zero-order chi connectivity index (χ0) is 44.3. The first-order chi connectivity index (χ1) is 33.2. The van der Waals surface area contributed by atoms with Gasteiger partial charge in [-0.1, -0.05) is 224 Å². The van der Waals surface area contributed by atoms with Crippen LogP contribution < -0.4 is 0 Å². The molecule has 0 atom stereocenters. The van der Waals surface area contributed by atoms with Gasteiger partial charge in [0, 0.05) is 26.3 Å². The van der Waals surface area contributed by atoms with Crippen LogP contribution in [0.3, 0.4) is 0 Å². The standard InChI is InChI=1S/C64H40N2S/c1-3-16-45(17-4-1)62-55-25-13-12-24-54(55)61(56-36-35-41-15-7-9-21-50(41)63(56)62)46-33-27-42(28-34-46)49-37-38-53(52-23-11-10-22-51(49)52)58-40-57(65-64(66-58)47-18-5-2-6-19-47)43-29-31-44(32-30-43)60-39-48-20-8-14-26-59(48)67-60/h1-40H. The molecule has 13 rings (SSSR count). The molecule has 0 aliphatic heterocycles. The van der Waals surface area contributed by atoms with E-state index in [4.69, 9.17) is 9.97 Å². The predicted molar refractivity (Wildman–Crippen MR) is 285 cm³/mol. The highest BCUT2D eigenvalue weighted by molar-refractivity contribution is 7.22. The van der Waals surface area contributed by atoms with Crippen molar-refractivity contribution >= 4 is 64.5 Å². The Morgan fingerprint density at radius 1 is 0.284 bits per heavy atom. The van der Waals surface area contributed by atoms with E-state index in [2.05, 4.69) is 224 Å². The average Bonchev–Trinajstić information content (AvgIpc) is 3.85. The Labute approximate surface area is 392 Å². The summed E-state index contributed by atoms with van der Waals surface area (Å²) in [5.74, 6) is 0.704. The molecule has 0 radical (unpaired) electrons. The van der Waals surface area contributed by atoms with Gasteiger partial charge in [-0.05, 0) is 106 Å². The molecule has 0 amide bonds. The number of benzene rings is 11. The molecule has 13 aromatic rings. The van der Waals surface area contributed by atoms with Crippen LogP contribution in [0.15, 0.2) is 243 Å². The van der Waals surface area contributed by atoms with Gasteiger partial charge in [0.1, 0.15) is 0 Å². The van der Waals surface area contributed by atoms with Gasteiger partial charge in [0.25, 0.3) is 0 Å². The molecule has 67 heavy (non-hydrogen) atoms. The second-order valence-corrected chi connectivity index (χ2v) is 18.3. The minimum Gasteiger partial charge on any atom is -0.228 e. The molecule has 0 aliphatic carbocycles. The van der Waals surface area contributed by atoms with Crippen molar-refractivity contribution in [2.75, 3.05) is 0 Å². The van der Waals surface area contributed by atoms with Crippen molar-refractivity contribution in [1.29, 1.82) is 0 Å². The fourth-order valence-corrected chi connectivity index (χ4v) is 11.2. The molecule has 3 heteroatoms. The van der Waals surface area contributed by atoms with Crippen LogP contribution in [0.5, 0.6) is 0 Å². The van der Waals surface area contributed by atoms with Gasteiger partial charge in [-0.3, -0.25) is 0 Å². The van der Waals surface area contributed by atoms with E-state index in [0.717, 1.165) is 33.5 Å². The Morgan fingerprint density at radius 2 is 0.806 bits per heavy atom.